The fourth-order valence-corrected chi connectivity index (χ4v) is 2.62. The molecule has 0 spiro atoms. The van der Waals surface area contributed by atoms with E-state index in [0.717, 1.165) is 33.8 Å². The highest BCUT2D eigenvalue weighted by molar-refractivity contribution is 9.10. The summed E-state index contributed by atoms with van der Waals surface area (Å²) >= 11 is 5.07. The summed E-state index contributed by atoms with van der Waals surface area (Å²) in [7, 11) is 0. The summed E-state index contributed by atoms with van der Waals surface area (Å²) in [5.41, 5.74) is 2.62. The molecule has 0 aliphatic heterocycles. The maximum Gasteiger partial charge on any atom is 0.101 e. The second-order valence-corrected chi connectivity index (χ2v) is 5.81. The van der Waals surface area contributed by atoms with Gasteiger partial charge >= 0.3 is 0 Å². The zero-order valence-electron chi connectivity index (χ0n) is 9.90. The van der Waals surface area contributed by atoms with Crippen LogP contribution in [0.1, 0.15) is 16.3 Å². The van der Waals surface area contributed by atoms with E-state index in [2.05, 4.69) is 37.7 Å². The first-order chi connectivity index (χ1) is 8.69. The van der Waals surface area contributed by atoms with Crippen molar-refractivity contribution in [3.8, 4) is 6.07 Å². The van der Waals surface area contributed by atoms with Gasteiger partial charge in [-0.25, -0.2) is 4.98 Å². The zero-order valence-corrected chi connectivity index (χ0v) is 12.3. The topological polar surface area (TPSA) is 48.7 Å². The molecule has 0 aliphatic carbocycles. The third-order valence-corrected chi connectivity index (χ3v) is 3.78. The molecule has 2 aromatic rings. The highest BCUT2D eigenvalue weighted by atomic mass is 79.9. The molecular formula is C13H12BrN3S. The molecular weight excluding hydrogens is 310 g/mol. The number of rotatable bonds is 4. The molecule has 0 amide bonds. The minimum Gasteiger partial charge on any atom is -0.384 e. The van der Waals surface area contributed by atoms with Crippen LogP contribution in [-0.2, 0) is 6.42 Å². The Hall–Kier alpha value is -1.38. The molecule has 2 rings (SSSR count). The Balaban J connectivity index is 1.98. The fraction of sp³-hybridized carbons (Fsp3) is 0.231. The highest BCUT2D eigenvalue weighted by Crippen LogP contribution is 2.20. The molecule has 0 unspecified atom stereocenters. The molecule has 0 radical (unpaired) electrons. The molecule has 0 atom stereocenters. The van der Waals surface area contributed by atoms with Crippen molar-refractivity contribution in [2.24, 2.45) is 0 Å². The van der Waals surface area contributed by atoms with Crippen molar-refractivity contribution in [2.75, 3.05) is 11.9 Å². The predicted molar refractivity (Wildman–Crippen MR) is 77.9 cm³/mol. The van der Waals surface area contributed by atoms with Gasteiger partial charge < -0.3 is 5.32 Å². The maximum atomic E-state index is 9.01. The Kier molecular flexibility index (Phi) is 4.34. The number of aryl methyl sites for hydroxylation is 1. The molecule has 1 aromatic carbocycles. The molecule has 0 bridgehead atoms. The van der Waals surface area contributed by atoms with E-state index < -0.39 is 0 Å². The van der Waals surface area contributed by atoms with Gasteiger partial charge in [0.25, 0.3) is 0 Å². The summed E-state index contributed by atoms with van der Waals surface area (Å²) in [5.74, 6) is 0. The average Bonchev–Trinajstić information content (AvgIpc) is 2.75. The summed E-state index contributed by atoms with van der Waals surface area (Å²) in [4.78, 5) is 4.41. The first kappa shape index (κ1) is 13.1. The van der Waals surface area contributed by atoms with Crippen molar-refractivity contribution in [1.29, 1.82) is 5.26 Å². The number of nitrogens with one attached hydrogen (secondary N) is 1. The standard InChI is InChI=1S/C13H12BrN3S/c1-9-17-12(8-18-9)4-5-16-13-6-11(14)3-2-10(13)7-15/h2-3,6,8,16H,4-5H2,1H3. The molecule has 0 fully saturated rings. The number of nitriles is 1. The lowest BCUT2D eigenvalue weighted by atomic mass is 10.2. The van der Waals surface area contributed by atoms with Crippen LogP contribution in [0.4, 0.5) is 5.69 Å². The van der Waals surface area contributed by atoms with Crippen LogP contribution in [0.3, 0.4) is 0 Å². The van der Waals surface area contributed by atoms with Gasteiger partial charge in [-0.15, -0.1) is 11.3 Å². The number of thiazole rings is 1. The van der Waals surface area contributed by atoms with E-state index in [-0.39, 0.29) is 0 Å². The van der Waals surface area contributed by atoms with E-state index in [1.54, 1.807) is 17.4 Å². The lowest BCUT2D eigenvalue weighted by Crippen LogP contribution is -2.06. The maximum absolute atomic E-state index is 9.01. The van der Waals surface area contributed by atoms with Crippen LogP contribution in [0, 0.1) is 18.3 Å². The van der Waals surface area contributed by atoms with Crippen molar-refractivity contribution >= 4 is 33.0 Å². The molecule has 3 nitrogen and oxygen atoms in total. The minimum absolute atomic E-state index is 0.660. The average molecular weight is 322 g/mol. The summed E-state index contributed by atoms with van der Waals surface area (Å²) < 4.78 is 0.966. The number of nitrogens with zero attached hydrogens (tertiary/aromatic N) is 2. The monoisotopic (exact) mass is 321 g/mol. The van der Waals surface area contributed by atoms with Crippen molar-refractivity contribution < 1.29 is 0 Å². The van der Waals surface area contributed by atoms with Crippen LogP contribution in [0.15, 0.2) is 28.1 Å². The van der Waals surface area contributed by atoms with Crippen molar-refractivity contribution in [1.82, 2.24) is 4.98 Å². The summed E-state index contributed by atoms with van der Waals surface area (Å²) in [6.07, 6.45) is 0.863. The molecule has 5 heteroatoms. The second kappa shape index (κ2) is 5.98. The van der Waals surface area contributed by atoms with Gasteiger partial charge in [0.1, 0.15) is 6.07 Å². The number of aromatic nitrogens is 1. The highest BCUT2D eigenvalue weighted by Gasteiger charge is 2.03. The Morgan fingerprint density at radius 1 is 1.50 bits per heavy atom. The molecule has 18 heavy (non-hydrogen) atoms. The van der Waals surface area contributed by atoms with Gasteiger partial charge in [-0.05, 0) is 25.1 Å². The van der Waals surface area contributed by atoms with E-state index in [0.29, 0.717) is 5.56 Å². The van der Waals surface area contributed by atoms with Crippen molar-refractivity contribution in [3.05, 3.63) is 44.3 Å². The van der Waals surface area contributed by atoms with Crippen LogP contribution >= 0.6 is 27.3 Å². The van der Waals surface area contributed by atoms with Gasteiger partial charge in [0.05, 0.1) is 22.0 Å². The predicted octanol–water partition coefficient (Wildman–Crippen LogP) is 3.74. The number of benzene rings is 1. The van der Waals surface area contributed by atoms with Gasteiger partial charge in [0.2, 0.25) is 0 Å². The smallest absolute Gasteiger partial charge is 0.101 e. The van der Waals surface area contributed by atoms with Gasteiger partial charge in [0.15, 0.2) is 0 Å². The van der Waals surface area contributed by atoms with Gasteiger partial charge in [-0.3, -0.25) is 0 Å². The second-order valence-electron chi connectivity index (χ2n) is 3.84. The summed E-state index contributed by atoms with van der Waals surface area (Å²) in [6.45, 7) is 2.78. The Morgan fingerprint density at radius 2 is 2.33 bits per heavy atom. The van der Waals surface area contributed by atoms with Gasteiger partial charge in [-0.1, -0.05) is 15.9 Å². The zero-order chi connectivity index (χ0) is 13.0. The number of hydrogen-bond acceptors (Lipinski definition) is 4. The first-order valence-corrected chi connectivity index (χ1v) is 7.21. The molecule has 0 aliphatic rings. The third kappa shape index (κ3) is 3.31. The Morgan fingerprint density at radius 3 is 3.00 bits per heavy atom. The van der Waals surface area contributed by atoms with Crippen molar-refractivity contribution in [2.45, 2.75) is 13.3 Å². The van der Waals surface area contributed by atoms with Gasteiger partial charge in [-0.2, -0.15) is 5.26 Å². The van der Waals surface area contributed by atoms with Gasteiger partial charge in [0, 0.05) is 22.8 Å². The lowest BCUT2D eigenvalue weighted by molar-refractivity contribution is 0.968. The van der Waals surface area contributed by atoms with Crippen LogP contribution in [0.2, 0.25) is 0 Å². The molecule has 1 N–H and O–H groups in total. The summed E-state index contributed by atoms with van der Waals surface area (Å²) in [6, 6.07) is 7.77. The molecule has 1 aromatic heterocycles. The van der Waals surface area contributed by atoms with Crippen molar-refractivity contribution in [3.63, 3.8) is 0 Å². The van der Waals surface area contributed by atoms with E-state index in [4.69, 9.17) is 5.26 Å². The number of halogens is 1. The van der Waals surface area contributed by atoms with Crippen LogP contribution in [0.25, 0.3) is 0 Å². The SMILES string of the molecule is Cc1nc(CCNc2cc(Br)ccc2C#N)cs1. The van der Waals surface area contributed by atoms with E-state index in [9.17, 15) is 0 Å². The lowest BCUT2D eigenvalue weighted by Gasteiger charge is -2.07. The van der Waals surface area contributed by atoms with E-state index in [1.807, 2.05) is 19.1 Å². The summed E-state index contributed by atoms with van der Waals surface area (Å²) in [5, 5.41) is 15.4. The van der Waals surface area contributed by atoms with Crippen LogP contribution in [0.5, 0.6) is 0 Å². The van der Waals surface area contributed by atoms with E-state index >= 15 is 0 Å². The normalized spacial score (nSPS) is 10.1. The first-order valence-electron chi connectivity index (χ1n) is 5.53. The molecule has 1 heterocycles. The fourth-order valence-electron chi connectivity index (χ4n) is 1.61. The van der Waals surface area contributed by atoms with E-state index in [1.165, 1.54) is 0 Å². The van der Waals surface area contributed by atoms with Crippen LogP contribution in [-0.4, -0.2) is 11.5 Å². The number of hydrogen-bond donors (Lipinski definition) is 1. The number of anilines is 1. The molecule has 92 valence electrons. The molecule has 0 saturated heterocycles. The Bertz CT molecular complexity index is 586. The quantitative estimate of drug-likeness (QED) is 0.933. The molecule has 0 saturated carbocycles. The Labute approximate surface area is 119 Å². The third-order valence-electron chi connectivity index (χ3n) is 2.47. The largest absolute Gasteiger partial charge is 0.384 e. The van der Waals surface area contributed by atoms with Crippen LogP contribution < -0.4 is 5.32 Å². The minimum atomic E-state index is 0.660.